The van der Waals surface area contributed by atoms with Crippen molar-refractivity contribution in [3.63, 3.8) is 0 Å². The highest BCUT2D eigenvalue weighted by Crippen LogP contribution is 2.28. The minimum Gasteiger partial charge on any atom is -0.507 e. The van der Waals surface area contributed by atoms with E-state index >= 15 is 0 Å². The molecule has 112 valence electrons. The number of hydrogen-bond donors (Lipinski definition) is 1. The van der Waals surface area contributed by atoms with E-state index in [1.165, 1.54) is 16.7 Å². The molecular formula is C19H24O2. The fourth-order valence-electron chi connectivity index (χ4n) is 2.60. The van der Waals surface area contributed by atoms with Crippen molar-refractivity contribution < 1.29 is 9.84 Å². The summed E-state index contributed by atoms with van der Waals surface area (Å²) in [4.78, 5) is 0. The van der Waals surface area contributed by atoms with Crippen LogP contribution in [0.4, 0.5) is 0 Å². The van der Waals surface area contributed by atoms with Gasteiger partial charge in [0.2, 0.25) is 0 Å². The normalized spacial score (nSPS) is 18.7. The van der Waals surface area contributed by atoms with Crippen LogP contribution < -0.4 is 0 Å². The van der Waals surface area contributed by atoms with E-state index in [0.717, 1.165) is 24.8 Å². The van der Waals surface area contributed by atoms with E-state index in [4.69, 9.17) is 4.74 Å². The molecule has 1 aromatic carbocycles. The predicted octanol–water partition coefficient (Wildman–Crippen LogP) is 4.87. The Labute approximate surface area is 127 Å². The molecule has 0 aliphatic carbocycles. The molecule has 1 aliphatic heterocycles. The largest absolute Gasteiger partial charge is 0.507 e. The van der Waals surface area contributed by atoms with Gasteiger partial charge in [0.25, 0.3) is 0 Å². The molecule has 0 fully saturated rings. The smallest absolute Gasteiger partial charge is 0.122 e. The molecule has 1 unspecified atom stereocenters. The summed E-state index contributed by atoms with van der Waals surface area (Å²) in [5.74, 6) is 0.328. The second-order valence-corrected chi connectivity index (χ2v) is 5.53. The number of para-hydroxylation sites is 1. The molecule has 0 saturated heterocycles. The molecule has 0 saturated carbocycles. The van der Waals surface area contributed by atoms with Crippen molar-refractivity contribution in [1.82, 2.24) is 0 Å². The van der Waals surface area contributed by atoms with Crippen LogP contribution in [0.5, 0.6) is 5.75 Å². The van der Waals surface area contributed by atoms with Crippen molar-refractivity contribution in [1.29, 1.82) is 0 Å². The lowest BCUT2D eigenvalue weighted by Gasteiger charge is -2.16. The van der Waals surface area contributed by atoms with Gasteiger partial charge in [0.15, 0.2) is 0 Å². The van der Waals surface area contributed by atoms with Gasteiger partial charge in [0.1, 0.15) is 5.75 Å². The van der Waals surface area contributed by atoms with Crippen LogP contribution in [-0.2, 0) is 4.74 Å². The summed E-state index contributed by atoms with van der Waals surface area (Å²) in [5.41, 5.74) is 4.57. The summed E-state index contributed by atoms with van der Waals surface area (Å²) >= 11 is 0. The van der Waals surface area contributed by atoms with Gasteiger partial charge in [-0.3, -0.25) is 0 Å². The molecule has 2 nitrogen and oxygen atoms in total. The van der Waals surface area contributed by atoms with Crippen LogP contribution in [0.3, 0.4) is 0 Å². The van der Waals surface area contributed by atoms with Crippen LogP contribution in [0.15, 0.2) is 53.6 Å². The first-order valence-corrected chi connectivity index (χ1v) is 7.56. The third-order valence-electron chi connectivity index (χ3n) is 3.92. The third-order valence-corrected chi connectivity index (χ3v) is 3.92. The van der Waals surface area contributed by atoms with Gasteiger partial charge in [0.05, 0.1) is 12.7 Å². The van der Waals surface area contributed by atoms with Crippen LogP contribution in [0.2, 0.25) is 0 Å². The molecule has 2 rings (SSSR count). The highest BCUT2D eigenvalue weighted by Gasteiger charge is 2.20. The zero-order chi connectivity index (χ0) is 15.2. The van der Waals surface area contributed by atoms with E-state index in [1.807, 2.05) is 24.3 Å². The molecule has 0 aromatic heterocycles. The van der Waals surface area contributed by atoms with Gasteiger partial charge in [-0.05, 0) is 43.4 Å². The van der Waals surface area contributed by atoms with Crippen LogP contribution >= 0.6 is 0 Å². The van der Waals surface area contributed by atoms with E-state index in [0.29, 0.717) is 12.4 Å². The Hall–Kier alpha value is -1.80. The molecular weight excluding hydrogens is 260 g/mol. The molecule has 0 spiro atoms. The number of hydrogen-bond acceptors (Lipinski definition) is 2. The van der Waals surface area contributed by atoms with Crippen LogP contribution in [0, 0.1) is 0 Å². The van der Waals surface area contributed by atoms with Crippen LogP contribution in [-0.4, -0.2) is 17.8 Å². The van der Waals surface area contributed by atoms with Gasteiger partial charge < -0.3 is 9.84 Å². The van der Waals surface area contributed by atoms with E-state index < -0.39 is 0 Å². The van der Waals surface area contributed by atoms with E-state index in [9.17, 15) is 5.11 Å². The zero-order valence-electron chi connectivity index (χ0n) is 12.9. The Kier molecular flexibility index (Phi) is 5.40. The fourth-order valence-corrected chi connectivity index (χ4v) is 2.60. The number of rotatable bonds is 6. The average molecular weight is 284 g/mol. The topological polar surface area (TPSA) is 29.5 Å². The minimum absolute atomic E-state index is 0.171. The Morgan fingerprint density at radius 3 is 2.90 bits per heavy atom. The van der Waals surface area contributed by atoms with Crippen LogP contribution in [0.1, 0.15) is 38.7 Å². The van der Waals surface area contributed by atoms with Gasteiger partial charge >= 0.3 is 0 Å². The van der Waals surface area contributed by atoms with Crippen molar-refractivity contribution in [2.75, 3.05) is 6.61 Å². The maximum atomic E-state index is 9.80. The van der Waals surface area contributed by atoms with Crippen LogP contribution in [0.25, 0.3) is 6.08 Å². The number of aromatic hydroxyl groups is 1. The summed E-state index contributed by atoms with van der Waals surface area (Å²) in [6, 6.07) is 7.41. The van der Waals surface area contributed by atoms with E-state index in [-0.39, 0.29) is 6.10 Å². The Balaban J connectivity index is 1.95. The van der Waals surface area contributed by atoms with E-state index in [2.05, 4.69) is 26.5 Å². The van der Waals surface area contributed by atoms with Gasteiger partial charge in [-0.15, -0.1) is 0 Å². The van der Waals surface area contributed by atoms with Gasteiger partial charge in [-0.2, -0.15) is 0 Å². The lowest BCUT2D eigenvalue weighted by Crippen LogP contribution is -2.11. The molecule has 1 aliphatic rings. The van der Waals surface area contributed by atoms with Gasteiger partial charge in [0, 0.05) is 5.56 Å². The quantitative estimate of drug-likeness (QED) is 0.807. The molecule has 0 bridgehead atoms. The third kappa shape index (κ3) is 4.08. The fraction of sp³-hybridized carbons (Fsp3) is 0.368. The second-order valence-electron chi connectivity index (χ2n) is 5.53. The molecule has 21 heavy (non-hydrogen) atoms. The summed E-state index contributed by atoms with van der Waals surface area (Å²) in [6.45, 7) is 9.04. The van der Waals surface area contributed by atoms with Crippen molar-refractivity contribution in [3.05, 3.63) is 59.2 Å². The number of benzene rings is 1. The number of phenolic OH excluding ortho intramolecular Hbond substituents is 1. The second kappa shape index (κ2) is 7.28. The number of allylic oxidation sites excluding steroid dienone is 1. The highest BCUT2D eigenvalue weighted by atomic mass is 16.5. The van der Waals surface area contributed by atoms with Gasteiger partial charge in [-0.1, -0.05) is 49.4 Å². The first kappa shape index (κ1) is 15.6. The lowest BCUT2D eigenvalue weighted by atomic mass is 9.96. The highest BCUT2D eigenvalue weighted by molar-refractivity contribution is 5.58. The Morgan fingerprint density at radius 2 is 2.19 bits per heavy atom. The summed E-state index contributed by atoms with van der Waals surface area (Å²) in [5, 5.41) is 9.80. The first-order valence-electron chi connectivity index (χ1n) is 7.56. The predicted molar refractivity (Wildman–Crippen MR) is 88.2 cm³/mol. The first-order chi connectivity index (χ1) is 10.1. The monoisotopic (exact) mass is 284 g/mol. The maximum Gasteiger partial charge on any atom is 0.122 e. The van der Waals surface area contributed by atoms with Crippen molar-refractivity contribution in [3.8, 4) is 5.75 Å². The van der Waals surface area contributed by atoms with Crippen molar-refractivity contribution >= 4 is 6.08 Å². The minimum atomic E-state index is 0.171. The molecule has 1 atom stereocenters. The summed E-state index contributed by atoms with van der Waals surface area (Å²) < 4.78 is 5.78. The molecule has 1 heterocycles. The number of ether oxygens (including phenoxy) is 1. The molecule has 2 heteroatoms. The van der Waals surface area contributed by atoms with Crippen molar-refractivity contribution in [2.24, 2.45) is 0 Å². The van der Waals surface area contributed by atoms with Gasteiger partial charge in [-0.25, -0.2) is 0 Å². The van der Waals surface area contributed by atoms with E-state index in [1.54, 1.807) is 6.07 Å². The lowest BCUT2D eigenvalue weighted by molar-refractivity contribution is 0.116. The number of phenols is 1. The molecule has 0 amide bonds. The SMILES string of the molecule is C=C(CC)C1=CCOC1CC/C(C)=C/c1ccccc1O. The standard InChI is InChI=1S/C19H24O2/c1-4-15(3)17-11-12-21-19(17)10-9-14(2)13-16-7-5-6-8-18(16)20/h5-8,11,13,19-20H,3-4,9-10,12H2,1-2H3/b14-13+. The Bertz CT molecular complexity index is 567. The zero-order valence-corrected chi connectivity index (χ0v) is 12.9. The molecule has 1 N–H and O–H groups in total. The molecule has 0 radical (unpaired) electrons. The summed E-state index contributed by atoms with van der Waals surface area (Å²) in [7, 11) is 0. The summed E-state index contributed by atoms with van der Waals surface area (Å²) in [6.07, 6.45) is 7.25. The van der Waals surface area contributed by atoms with Crippen molar-refractivity contribution in [2.45, 2.75) is 39.2 Å². The average Bonchev–Trinajstić information content (AvgIpc) is 2.95. The maximum absolute atomic E-state index is 9.80. The Morgan fingerprint density at radius 1 is 1.43 bits per heavy atom. The molecule has 1 aromatic rings.